The number of rotatable bonds is 9. The summed E-state index contributed by atoms with van der Waals surface area (Å²) in [6.45, 7) is 11.4. The van der Waals surface area contributed by atoms with E-state index >= 15 is 0 Å². The second-order valence-corrected chi connectivity index (χ2v) is 10.3. The number of ether oxygens (including phenoxy) is 1. The van der Waals surface area contributed by atoms with Crippen molar-refractivity contribution in [2.45, 2.75) is 84.3 Å². The molecule has 1 heterocycles. The van der Waals surface area contributed by atoms with Gasteiger partial charge in [-0.25, -0.2) is 0 Å². The highest BCUT2D eigenvalue weighted by atomic mass is 79.9. The van der Waals surface area contributed by atoms with Crippen molar-refractivity contribution in [1.29, 1.82) is 0 Å². The summed E-state index contributed by atoms with van der Waals surface area (Å²) in [5.41, 5.74) is 1.40. The molecule has 1 saturated carbocycles. The highest BCUT2D eigenvalue weighted by Gasteiger charge is 2.23. The van der Waals surface area contributed by atoms with E-state index in [9.17, 15) is 0 Å². The number of benzene rings is 1. The third kappa shape index (κ3) is 7.56. The zero-order chi connectivity index (χ0) is 20.6. The molecule has 0 radical (unpaired) electrons. The summed E-state index contributed by atoms with van der Waals surface area (Å²) in [5, 5.41) is 3.63. The molecule has 1 aromatic carbocycles. The summed E-state index contributed by atoms with van der Waals surface area (Å²) in [6.07, 6.45) is 11.1. The first kappa shape index (κ1) is 23.1. The Kier molecular flexibility index (Phi) is 9.33. The maximum atomic E-state index is 5.89. The molecule has 1 N–H and O–H groups in total. The molecule has 29 heavy (non-hydrogen) atoms. The smallest absolute Gasteiger partial charge is 0.120 e. The Morgan fingerprint density at radius 2 is 1.79 bits per heavy atom. The monoisotopic (exact) mass is 464 g/mol. The number of hydrogen-bond acceptors (Lipinski definition) is 3. The lowest BCUT2D eigenvalue weighted by Crippen LogP contribution is -2.37. The minimum absolute atomic E-state index is 0.227. The van der Waals surface area contributed by atoms with Crippen molar-refractivity contribution in [2.24, 2.45) is 11.8 Å². The molecule has 164 valence electrons. The molecule has 0 unspecified atom stereocenters. The molecule has 0 atom stereocenters. The van der Waals surface area contributed by atoms with E-state index in [2.05, 4.69) is 65.1 Å². The molecule has 0 spiro atoms. The summed E-state index contributed by atoms with van der Waals surface area (Å²) in [4.78, 5) is 2.72. The van der Waals surface area contributed by atoms with Crippen LogP contribution in [0.3, 0.4) is 0 Å². The van der Waals surface area contributed by atoms with E-state index in [4.69, 9.17) is 4.74 Å². The van der Waals surface area contributed by atoms with Gasteiger partial charge in [0.2, 0.25) is 0 Å². The van der Waals surface area contributed by atoms with E-state index in [0.717, 1.165) is 36.6 Å². The summed E-state index contributed by atoms with van der Waals surface area (Å²) in [5.74, 6) is 2.76. The van der Waals surface area contributed by atoms with E-state index in [1.807, 2.05) is 0 Å². The van der Waals surface area contributed by atoms with E-state index in [1.54, 1.807) is 0 Å². The standard InChI is InChI=1S/C25H41BrN2O/c1-4-27-23-7-5-20(6-8-23)11-14-28-15-12-21(13-16-28)17-22-18-24(29-19(2)3)9-10-25(22)26/h9-10,18-21,23,27H,4-8,11-17H2,1-3H3. The van der Waals surface area contributed by atoms with Gasteiger partial charge in [-0.1, -0.05) is 22.9 Å². The first-order chi connectivity index (χ1) is 14.0. The fourth-order valence-electron chi connectivity index (χ4n) is 5.09. The van der Waals surface area contributed by atoms with Gasteiger partial charge in [0, 0.05) is 10.5 Å². The van der Waals surface area contributed by atoms with Crippen molar-refractivity contribution in [3.05, 3.63) is 28.2 Å². The molecule has 4 heteroatoms. The molecule has 1 saturated heterocycles. The van der Waals surface area contributed by atoms with Crippen LogP contribution in [0.25, 0.3) is 0 Å². The topological polar surface area (TPSA) is 24.5 Å². The first-order valence-electron chi connectivity index (χ1n) is 11.9. The summed E-state index contributed by atoms with van der Waals surface area (Å²) >= 11 is 3.75. The number of halogens is 1. The predicted molar refractivity (Wildman–Crippen MR) is 127 cm³/mol. The van der Waals surface area contributed by atoms with Crippen LogP contribution < -0.4 is 10.1 Å². The van der Waals surface area contributed by atoms with Crippen molar-refractivity contribution in [2.75, 3.05) is 26.2 Å². The minimum Gasteiger partial charge on any atom is -0.491 e. The summed E-state index contributed by atoms with van der Waals surface area (Å²) in [7, 11) is 0. The van der Waals surface area contributed by atoms with Gasteiger partial charge in [-0.05, 0) is 127 Å². The Morgan fingerprint density at radius 1 is 1.07 bits per heavy atom. The van der Waals surface area contributed by atoms with Gasteiger partial charge in [0.25, 0.3) is 0 Å². The van der Waals surface area contributed by atoms with Crippen molar-refractivity contribution < 1.29 is 4.74 Å². The largest absolute Gasteiger partial charge is 0.491 e. The van der Waals surface area contributed by atoms with Crippen LogP contribution >= 0.6 is 15.9 Å². The van der Waals surface area contributed by atoms with Crippen molar-refractivity contribution in [1.82, 2.24) is 10.2 Å². The first-order valence-corrected chi connectivity index (χ1v) is 12.7. The molecular weight excluding hydrogens is 424 g/mol. The van der Waals surface area contributed by atoms with Gasteiger partial charge in [0.15, 0.2) is 0 Å². The van der Waals surface area contributed by atoms with E-state index in [0.29, 0.717) is 0 Å². The number of nitrogens with zero attached hydrogens (tertiary/aromatic N) is 1. The highest BCUT2D eigenvalue weighted by Crippen LogP contribution is 2.30. The number of piperidine rings is 1. The fraction of sp³-hybridized carbons (Fsp3) is 0.760. The average Bonchev–Trinajstić information content (AvgIpc) is 2.71. The minimum atomic E-state index is 0.227. The maximum absolute atomic E-state index is 5.89. The number of nitrogens with one attached hydrogen (secondary N) is 1. The SMILES string of the molecule is CCNC1CCC(CCN2CCC(Cc3cc(OC(C)C)ccc3Br)CC2)CC1. The van der Waals surface area contributed by atoms with Gasteiger partial charge in [0.05, 0.1) is 6.10 Å². The predicted octanol–water partition coefficient (Wildman–Crippen LogP) is 6.05. The van der Waals surface area contributed by atoms with Crippen LogP contribution in [-0.4, -0.2) is 43.2 Å². The van der Waals surface area contributed by atoms with Crippen molar-refractivity contribution in [3.8, 4) is 5.75 Å². The molecule has 3 nitrogen and oxygen atoms in total. The third-order valence-electron chi connectivity index (χ3n) is 6.80. The third-order valence-corrected chi connectivity index (χ3v) is 7.57. The van der Waals surface area contributed by atoms with Crippen molar-refractivity contribution in [3.63, 3.8) is 0 Å². The molecule has 0 bridgehead atoms. The molecule has 1 aromatic rings. The molecule has 2 fully saturated rings. The van der Waals surface area contributed by atoms with Crippen LogP contribution in [0.4, 0.5) is 0 Å². The van der Waals surface area contributed by atoms with Crippen LogP contribution in [0.5, 0.6) is 5.75 Å². The zero-order valence-corrected chi connectivity index (χ0v) is 20.3. The van der Waals surface area contributed by atoms with E-state index in [-0.39, 0.29) is 6.10 Å². The van der Waals surface area contributed by atoms with Gasteiger partial charge >= 0.3 is 0 Å². The molecule has 2 aliphatic rings. The van der Waals surface area contributed by atoms with Gasteiger partial charge in [0.1, 0.15) is 5.75 Å². The van der Waals surface area contributed by atoms with Crippen LogP contribution in [0.1, 0.15) is 71.3 Å². The molecule has 1 aliphatic heterocycles. The van der Waals surface area contributed by atoms with E-state index < -0.39 is 0 Å². The molecule has 1 aliphatic carbocycles. The Balaban J connectivity index is 1.38. The number of hydrogen-bond donors (Lipinski definition) is 1. The van der Waals surface area contributed by atoms with Crippen LogP contribution in [0.15, 0.2) is 22.7 Å². The fourth-order valence-corrected chi connectivity index (χ4v) is 5.50. The second-order valence-electron chi connectivity index (χ2n) is 9.47. The molecule has 0 amide bonds. The molecular formula is C25H41BrN2O. The Labute approximate surface area is 187 Å². The van der Waals surface area contributed by atoms with Gasteiger partial charge in [-0.3, -0.25) is 0 Å². The normalized spacial score (nSPS) is 24.2. The van der Waals surface area contributed by atoms with Crippen LogP contribution in [-0.2, 0) is 6.42 Å². The van der Waals surface area contributed by atoms with Crippen LogP contribution in [0, 0.1) is 11.8 Å². The lowest BCUT2D eigenvalue weighted by atomic mass is 9.83. The quantitative estimate of drug-likeness (QED) is 0.481. The Bertz CT molecular complexity index is 605. The van der Waals surface area contributed by atoms with Crippen LogP contribution in [0.2, 0.25) is 0 Å². The van der Waals surface area contributed by atoms with Gasteiger partial charge in [-0.15, -0.1) is 0 Å². The summed E-state index contributed by atoms with van der Waals surface area (Å²) < 4.78 is 7.12. The average molecular weight is 466 g/mol. The Morgan fingerprint density at radius 3 is 2.45 bits per heavy atom. The molecule has 0 aromatic heterocycles. The zero-order valence-electron chi connectivity index (χ0n) is 18.8. The van der Waals surface area contributed by atoms with E-state index in [1.165, 1.54) is 74.6 Å². The van der Waals surface area contributed by atoms with Crippen molar-refractivity contribution >= 4 is 15.9 Å². The highest BCUT2D eigenvalue weighted by molar-refractivity contribution is 9.10. The Hall–Kier alpha value is -0.580. The molecule has 3 rings (SSSR count). The maximum Gasteiger partial charge on any atom is 0.120 e. The summed E-state index contributed by atoms with van der Waals surface area (Å²) in [6, 6.07) is 7.24. The van der Waals surface area contributed by atoms with Gasteiger partial charge in [-0.2, -0.15) is 0 Å². The van der Waals surface area contributed by atoms with Gasteiger partial charge < -0.3 is 15.0 Å². The number of likely N-dealkylation sites (tertiary alicyclic amines) is 1. The lowest BCUT2D eigenvalue weighted by Gasteiger charge is -2.34. The lowest BCUT2D eigenvalue weighted by molar-refractivity contribution is 0.163. The second kappa shape index (κ2) is 11.7.